The fourth-order valence-corrected chi connectivity index (χ4v) is 1.21. The molecule has 0 aliphatic heterocycles. The van der Waals surface area contributed by atoms with Crippen molar-refractivity contribution in [1.82, 2.24) is 4.98 Å². The normalized spacial score (nSPS) is 9.69. The van der Waals surface area contributed by atoms with Crippen LogP contribution in [0.4, 0.5) is 11.4 Å². The molecule has 0 atom stereocenters. The second-order valence-corrected chi connectivity index (χ2v) is 2.74. The molecule has 68 valence electrons. The molecule has 0 unspecified atom stereocenters. The lowest BCUT2D eigenvalue weighted by molar-refractivity contribution is 1.00. The monoisotopic (exact) mass is 175 g/mol. The summed E-state index contributed by atoms with van der Waals surface area (Å²) in [6, 6.07) is 1.89. The van der Waals surface area contributed by atoms with Gasteiger partial charge < -0.3 is 0 Å². The summed E-state index contributed by atoms with van der Waals surface area (Å²) >= 11 is 0. The summed E-state index contributed by atoms with van der Waals surface area (Å²) in [7, 11) is 0. The lowest BCUT2D eigenvalue weighted by Gasteiger charge is -2.05. The lowest BCUT2D eigenvalue weighted by Crippen LogP contribution is -1.90. The first-order valence-corrected chi connectivity index (χ1v) is 4.16. The Morgan fingerprint density at radius 3 is 2.54 bits per heavy atom. The van der Waals surface area contributed by atoms with Crippen LogP contribution in [0.1, 0.15) is 18.3 Å². The van der Waals surface area contributed by atoms with Crippen LogP contribution in [0.2, 0.25) is 0 Å². The second kappa shape index (κ2) is 3.94. The van der Waals surface area contributed by atoms with Gasteiger partial charge in [0.05, 0.1) is 11.4 Å². The summed E-state index contributed by atoms with van der Waals surface area (Å²) in [5.74, 6) is 0. The summed E-state index contributed by atoms with van der Waals surface area (Å²) in [4.78, 5) is 12.1. The van der Waals surface area contributed by atoms with E-state index in [1.807, 2.05) is 13.0 Å². The van der Waals surface area contributed by atoms with Crippen molar-refractivity contribution in [2.75, 3.05) is 0 Å². The minimum Gasteiger partial charge on any atom is -0.262 e. The summed E-state index contributed by atoms with van der Waals surface area (Å²) in [6.45, 7) is 10.9. The molecule has 0 amide bonds. The standard InChI is InChI=1S/C10H13N3/c1-5-8-6-9(11-3)10(12-4)7(2)13-8/h6H,3-5H2,1-2H3. The van der Waals surface area contributed by atoms with Crippen LogP contribution in [0.5, 0.6) is 0 Å². The molecule has 0 saturated carbocycles. The maximum absolute atomic E-state index is 4.35. The van der Waals surface area contributed by atoms with Crippen molar-refractivity contribution in [2.45, 2.75) is 20.3 Å². The number of aliphatic imine (C=N–C) groups is 2. The first-order valence-electron chi connectivity index (χ1n) is 4.16. The number of hydrogen-bond acceptors (Lipinski definition) is 3. The van der Waals surface area contributed by atoms with E-state index in [-0.39, 0.29) is 0 Å². The third-order valence-corrected chi connectivity index (χ3v) is 1.89. The molecule has 1 heterocycles. The molecule has 0 aliphatic carbocycles. The third kappa shape index (κ3) is 1.80. The van der Waals surface area contributed by atoms with Gasteiger partial charge in [-0.25, -0.2) is 0 Å². The molecule has 1 rings (SSSR count). The SMILES string of the molecule is C=Nc1cc(CC)nc(C)c1N=C. The summed E-state index contributed by atoms with van der Waals surface area (Å²) in [5.41, 5.74) is 3.36. The van der Waals surface area contributed by atoms with Gasteiger partial charge in [-0.05, 0) is 32.8 Å². The van der Waals surface area contributed by atoms with Crippen molar-refractivity contribution < 1.29 is 0 Å². The highest BCUT2D eigenvalue weighted by molar-refractivity contribution is 5.69. The topological polar surface area (TPSA) is 37.6 Å². The minimum atomic E-state index is 0.729. The zero-order valence-corrected chi connectivity index (χ0v) is 8.04. The van der Waals surface area contributed by atoms with Gasteiger partial charge in [0, 0.05) is 5.69 Å². The number of nitrogens with zero attached hydrogens (tertiary/aromatic N) is 3. The van der Waals surface area contributed by atoms with Crippen molar-refractivity contribution in [3.05, 3.63) is 17.5 Å². The molecular formula is C10H13N3. The highest BCUT2D eigenvalue weighted by atomic mass is 14.9. The van der Waals surface area contributed by atoms with Crippen LogP contribution in [-0.2, 0) is 6.42 Å². The quantitative estimate of drug-likeness (QED) is 0.650. The Bertz CT molecular complexity index is 342. The van der Waals surface area contributed by atoms with Gasteiger partial charge in [0.25, 0.3) is 0 Å². The van der Waals surface area contributed by atoms with E-state index in [1.54, 1.807) is 0 Å². The highest BCUT2D eigenvalue weighted by Gasteiger charge is 2.05. The fraction of sp³-hybridized carbons (Fsp3) is 0.300. The molecule has 3 heteroatoms. The Hall–Kier alpha value is -1.51. The van der Waals surface area contributed by atoms with Gasteiger partial charge in [-0.15, -0.1) is 0 Å². The number of rotatable bonds is 3. The number of pyridine rings is 1. The largest absolute Gasteiger partial charge is 0.262 e. The molecule has 1 aromatic rings. The van der Waals surface area contributed by atoms with Crippen molar-refractivity contribution in [3.8, 4) is 0 Å². The van der Waals surface area contributed by atoms with Gasteiger partial charge in [-0.3, -0.25) is 15.0 Å². The van der Waals surface area contributed by atoms with E-state index in [4.69, 9.17) is 0 Å². The molecule has 0 N–H and O–H groups in total. The second-order valence-electron chi connectivity index (χ2n) is 2.74. The summed E-state index contributed by atoms with van der Waals surface area (Å²) in [6.07, 6.45) is 0.890. The van der Waals surface area contributed by atoms with Gasteiger partial charge in [-0.1, -0.05) is 6.92 Å². The van der Waals surface area contributed by atoms with E-state index in [0.29, 0.717) is 0 Å². The van der Waals surface area contributed by atoms with Gasteiger partial charge in [0.15, 0.2) is 0 Å². The number of hydrogen-bond donors (Lipinski definition) is 0. The van der Waals surface area contributed by atoms with Crippen LogP contribution in [0.25, 0.3) is 0 Å². The molecule has 0 fully saturated rings. The molecule has 0 spiro atoms. The Labute approximate surface area is 78.3 Å². The maximum Gasteiger partial charge on any atom is 0.109 e. The van der Waals surface area contributed by atoms with Gasteiger partial charge in [0.1, 0.15) is 5.69 Å². The predicted octanol–water partition coefficient (Wildman–Crippen LogP) is 2.62. The molecule has 0 radical (unpaired) electrons. The predicted molar refractivity (Wildman–Crippen MR) is 56.8 cm³/mol. The molecule has 0 aliphatic rings. The van der Waals surface area contributed by atoms with E-state index < -0.39 is 0 Å². The van der Waals surface area contributed by atoms with Crippen molar-refractivity contribution >= 4 is 24.8 Å². The van der Waals surface area contributed by atoms with Gasteiger partial charge in [0.2, 0.25) is 0 Å². The zero-order valence-electron chi connectivity index (χ0n) is 8.04. The van der Waals surface area contributed by atoms with Crippen LogP contribution in [0.15, 0.2) is 16.1 Å². The fourth-order valence-electron chi connectivity index (χ4n) is 1.21. The van der Waals surface area contributed by atoms with Crippen LogP contribution >= 0.6 is 0 Å². The van der Waals surface area contributed by atoms with Gasteiger partial charge >= 0.3 is 0 Å². The average Bonchev–Trinajstić information content (AvgIpc) is 2.16. The molecule has 0 bridgehead atoms. The Kier molecular flexibility index (Phi) is 2.90. The smallest absolute Gasteiger partial charge is 0.109 e. The Morgan fingerprint density at radius 2 is 2.08 bits per heavy atom. The summed E-state index contributed by atoms with van der Waals surface area (Å²) in [5, 5.41) is 0. The zero-order chi connectivity index (χ0) is 9.84. The van der Waals surface area contributed by atoms with Gasteiger partial charge in [-0.2, -0.15) is 0 Å². The molecule has 1 aromatic heterocycles. The number of aryl methyl sites for hydroxylation is 2. The van der Waals surface area contributed by atoms with E-state index >= 15 is 0 Å². The Morgan fingerprint density at radius 1 is 1.38 bits per heavy atom. The molecule has 0 aromatic carbocycles. The van der Waals surface area contributed by atoms with Crippen LogP contribution < -0.4 is 0 Å². The molecule has 13 heavy (non-hydrogen) atoms. The van der Waals surface area contributed by atoms with Crippen molar-refractivity contribution in [3.63, 3.8) is 0 Å². The molecule has 3 nitrogen and oxygen atoms in total. The van der Waals surface area contributed by atoms with E-state index in [2.05, 4.69) is 35.3 Å². The van der Waals surface area contributed by atoms with Crippen LogP contribution in [-0.4, -0.2) is 18.4 Å². The van der Waals surface area contributed by atoms with Crippen LogP contribution in [0.3, 0.4) is 0 Å². The van der Waals surface area contributed by atoms with E-state index in [1.165, 1.54) is 0 Å². The first kappa shape index (κ1) is 9.58. The third-order valence-electron chi connectivity index (χ3n) is 1.89. The minimum absolute atomic E-state index is 0.729. The lowest BCUT2D eigenvalue weighted by atomic mass is 10.2. The van der Waals surface area contributed by atoms with E-state index in [9.17, 15) is 0 Å². The van der Waals surface area contributed by atoms with E-state index in [0.717, 1.165) is 29.2 Å². The van der Waals surface area contributed by atoms with Crippen molar-refractivity contribution in [1.29, 1.82) is 0 Å². The number of aromatic nitrogens is 1. The summed E-state index contributed by atoms with van der Waals surface area (Å²) < 4.78 is 0. The van der Waals surface area contributed by atoms with Crippen molar-refractivity contribution in [2.24, 2.45) is 9.98 Å². The Balaban J connectivity index is 3.36. The maximum atomic E-state index is 4.35. The average molecular weight is 175 g/mol. The van der Waals surface area contributed by atoms with Crippen LogP contribution in [0, 0.1) is 6.92 Å². The first-order chi connectivity index (χ1) is 6.22. The molecular weight excluding hydrogens is 162 g/mol. The highest BCUT2D eigenvalue weighted by Crippen LogP contribution is 2.30. The molecule has 0 saturated heterocycles.